The van der Waals surface area contributed by atoms with Gasteiger partial charge in [0.05, 0.1) is 23.7 Å². The predicted molar refractivity (Wildman–Crippen MR) is 190 cm³/mol. The van der Waals surface area contributed by atoms with Crippen LogP contribution in [-0.4, -0.2) is 102 Å². The van der Waals surface area contributed by atoms with E-state index in [9.17, 15) is 14.9 Å². The lowest BCUT2D eigenvalue weighted by Gasteiger charge is -2.47. The summed E-state index contributed by atoms with van der Waals surface area (Å²) in [5.74, 6) is -1.58. The topological polar surface area (TPSA) is 155 Å². The number of nitro groups is 1. The van der Waals surface area contributed by atoms with Gasteiger partial charge >= 0.3 is 20.9 Å². The van der Waals surface area contributed by atoms with Crippen LogP contribution in [0.4, 0.5) is 10.5 Å². The number of carbonyl (C=O) groups excluding carboxylic acids is 1. The number of hydrogen-bond donors (Lipinski definition) is 1. The quantitative estimate of drug-likeness (QED) is 0.0500. The maximum atomic E-state index is 12.7. The fourth-order valence-corrected chi connectivity index (χ4v) is 10.1. The smallest absolute Gasteiger partial charge is 0.493 e. The van der Waals surface area contributed by atoms with Crippen molar-refractivity contribution in [1.82, 2.24) is 5.32 Å². The van der Waals surface area contributed by atoms with Gasteiger partial charge in [0.25, 0.3) is 5.69 Å². The fourth-order valence-electron chi connectivity index (χ4n) is 4.54. The molecule has 47 heavy (non-hydrogen) atoms. The molecule has 1 rings (SSSR count). The molecule has 0 bridgehead atoms. The van der Waals surface area contributed by atoms with Crippen LogP contribution in [0.25, 0.3) is 0 Å². The van der Waals surface area contributed by atoms with Crippen LogP contribution in [0.1, 0.15) is 25.0 Å². The van der Waals surface area contributed by atoms with Crippen LogP contribution in [0.3, 0.4) is 0 Å². The molecule has 0 heterocycles. The SMILES string of the molecule is COc1cc(C(C)OC(=O)NCCC[Si](OC)(OC)OC)c([N+](=O)[O-])cc1OC(O[Si](C)(C)C)(O[Si](C)(C)C)C(C[Si])O[Si](C)(C)C. The number of hydrogen-bond acceptors (Lipinski definition) is 12. The second kappa shape index (κ2) is 17.8. The fraction of sp³-hybridized carbons (Fsp3) is 0.750. The van der Waals surface area contributed by atoms with Crippen LogP contribution in [-0.2, 0) is 31.3 Å². The van der Waals surface area contributed by atoms with E-state index in [1.807, 2.05) is 58.9 Å². The van der Waals surface area contributed by atoms with E-state index in [0.717, 1.165) is 0 Å². The molecule has 0 fully saturated rings. The van der Waals surface area contributed by atoms with Gasteiger partial charge < -0.3 is 46.1 Å². The number of benzene rings is 1. The van der Waals surface area contributed by atoms with E-state index in [1.54, 1.807) is 0 Å². The maximum Gasteiger partial charge on any atom is 0.500 e. The first-order valence-electron chi connectivity index (χ1n) is 15.4. The summed E-state index contributed by atoms with van der Waals surface area (Å²) in [7, 11) is -0.209. The summed E-state index contributed by atoms with van der Waals surface area (Å²) in [6.07, 6.45) is -2.00. The minimum atomic E-state index is -2.79. The molecule has 0 aliphatic rings. The van der Waals surface area contributed by atoms with Crippen molar-refractivity contribution < 1.29 is 50.5 Å². The van der Waals surface area contributed by atoms with E-state index in [1.165, 1.54) is 47.5 Å². The van der Waals surface area contributed by atoms with E-state index in [2.05, 4.69) is 15.6 Å². The monoisotopic (exact) mass is 751 g/mol. The first-order valence-corrected chi connectivity index (χ1v) is 28.2. The zero-order valence-electron chi connectivity index (χ0n) is 30.5. The first kappa shape index (κ1) is 43.4. The van der Waals surface area contributed by atoms with Gasteiger partial charge in [-0.25, -0.2) is 4.79 Å². The summed E-state index contributed by atoms with van der Waals surface area (Å²) in [5.41, 5.74) is -0.232. The Morgan fingerprint density at radius 3 is 1.85 bits per heavy atom. The van der Waals surface area contributed by atoms with Crippen molar-refractivity contribution in [2.75, 3.05) is 35.0 Å². The third-order valence-electron chi connectivity index (χ3n) is 6.32. The molecule has 1 amide bonds. The molecular formula is C28H55N2O12Si5. The number of nitro benzene ring substituents is 1. The molecule has 0 aliphatic heterocycles. The largest absolute Gasteiger partial charge is 0.500 e. The molecule has 269 valence electrons. The Morgan fingerprint density at radius 2 is 1.45 bits per heavy atom. The summed E-state index contributed by atoms with van der Waals surface area (Å²) in [4.78, 5) is 24.5. The Morgan fingerprint density at radius 1 is 0.915 bits per heavy atom. The molecule has 2 atom stereocenters. The maximum absolute atomic E-state index is 12.7. The Kier molecular flexibility index (Phi) is 16.4. The Bertz CT molecular complexity index is 1150. The van der Waals surface area contributed by atoms with Crippen LogP contribution in [0.2, 0.25) is 71.0 Å². The van der Waals surface area contributed by atoms with Crippen molar-refractivity contribution >= 4 is 55.8 Å². The Labute approximate surface area is 287 Å². The third-order valence-corrected chi connectivity index (χ3v) is 12.3. The number of nitrogens with one attached hydrogen (secondary N) is 1. The summed E-state index contributed by atoms with van der Waals surface area (Å²) in [6.45, 7) is 19.9. The molecule has 14 nitrogen and oxygen atoms in total. The normalized spacial score (nSPS) is 14.4. The van der Waals surface area contributed by atoms with Gasteiger partial charge in [0.1, 0.15) is 12.2 Å². The van der Waals surface area contributed by atoms with E-state index < -0.39 is 63.0 Å². The van der Waals surface area contributed by atoms with E-state index in [0.29, 0.717) is 18.5 Å². The highest BCUT2D eigenvalue weighted by molar-refractivity contribution is 6.71. The average molecular weight is 752 g/mol. The zero-order valence-corrected chi connectivity index (χ0v) is 35.5. The summed E-state index contributed by atoms with van der Waals surface area (Å²) in [6, 6.07) is 3.44. The molecule has 1 N–H and O–H groups in total. The van der Waals surface area contributed by atoms with Crippen molar-refractivity contribution in [2.45, 2.75) is 103 Å². The molecular weight excluding hydrogens is 697 g/mol. The van der Waals surface area contributed by atoms with Crippen LogP contribution in [0.5, 0.6) is 11.5 Å². The van der Waals surface area contributed by atoms with Gasteiger partial charge in [0, 0.05) is 44.2 Å². The number of carbonyl (C=O) groups is 1. The van der Waals surface area contributed by atoms with Crippen molar-refractivity contribution in [3.63, 3.8) is 0 Å². The van der Waals surface area contributed by atoms with Crippen molar-refractivity contribution in [3.8, 4) is 11.5 Å². The van der Waals surface area contributed by atoms with Crippen molar-refractivity contribution in [2.24, 2.45) is 0 Å². The number of ether oxygens (including phenoxy) is 3. The van der Waals surface area contributed by atoms with E-state index >= 15 is 0 Å². The van der Waals surface area contributed by atoms with Crippen LogP contribution >= 0.6 is 0 Å². The van der Waals surface area contributed by atoms with E-state index in [-0.39, 0.29) is 29.3 Å². The van der Waals surface area contributed by atoms with Crippen molar-refractivity contribution in [3.05, 3.63) is 27.8 Å². The second-order valence-corrected chi connectivity index (χ2v) is 30.6. The molecule has 0 spiro atoms. The van der Waals surface area contributed by atoms with Gasteiger partial charge in [-0.3, -0.25) is 10.1 Å². The molecule has 0 saturated heterocycles. The standard InChI is InChI=1S/C28H55N2O12Si5/c1-21(38-27(31)29-16-15-17-47(35-3,36-4)37-5)22-18-24(34-2)25(19-23(22)30(32)33)39-28(41-45(9,10)11,42-46(12,13)14)26(20-43)40-44(6,7)8/h18-19,21,26H,15-17,20H2,1-14H3,(H,29,31). The van der Waals surface area contributed by atoms with Gasteiger partial charge in [0.15, 0.2) is 36.5 Å². The minimum Gasteiger partial charge on any atom is -0.493 e. The van der Waals surface area contributed by atoms with Gasteiger partial charge in [0.2, 0.25) is 0 Å². The molecule has 3 radical (unpaired) electrons. The lowest BCUT2D eigenvalue weighted by Crippen LogP contribution is -2.62. The Hall–Kier alpha value is -1.67. The molecule has 1 aromatic rings. The average Bonchev–Trinajstić information content (AvgIpc) is 2.93. The summed E-state index contributed by atoms with van der Waals surface area (Å²) >= 11 is 0. The molecule has 1 aromatic carbocycles. The minimum absolute atomic E-state index is 0.0162. The highest BCUT2D eigenvalue weighted by Crippen LogP contribution is 2.43. The predicted octanol–water partition coefficient (Wildman–Crippen LogP) is 6.20. The number of methoxy groups -OCH3 is 1. The third kappa shape index (κ3) is 14.0. The summed E-state index contributed by atoms with van der Waals surface area (Å²) < 4.78 is 53.9. The molecule has 2 unspecified atom stereocenters. The highest BCUT2D eigenvalue weighted by Gasteiger charge is 2.52. The second-order valence-electron chi connectivity index (χ2n) is 13.7. The number of alkyl carbamates (subject to hydrolysis) is 1. The van der Waals surface area contributed by atoms with Crippen molar-refractivity contribution in [1.29, 1.82) is 0 Å². The van der Waals surface area contributed by atoms with Crippen LogP contribution in [0, 0.1) is 10.1 Å². The van der Waals surface area contributed by atoms with Crippen LogP contribution < -0.4 is 14.8 Å². The van der Waals surface area contributed by atoms with Crippen LogP contribution in [0.15, 0.2) is 12.1 Å². The molecule has 0 saturated carbocycles. The molecule has 0 aliphatic carbocycles. The van der Waals surface area contributed by atoms with E-state index in [4.69, 9.17) is 40.8 Å². The number of rotatable bonds is 21. The first-order chi connectivity index (χ1) is 21.5. The lowest BCUT2D eigenvalue weighted by atomic mass is 10.1. The highest BCUT2D eigenvalue weighted by atomic mass is 28.4. The summed E-state index contributed by atoms with van der Waals surface area (Å²) in [5, 5.41) is 15.1. The molecule has 0 aromatic heterocycles. The van der Waals surface area contributed by atoms with Gasteiger partial charge in [-0.05, 0) is 84.4 Å². The lowest BCUT2D eigenvalue weighted by molar-refractivity contribution is -0.386. The van der Waals surface area contributed by atoms with Gasteiger partial charge in [-0.2, -0.15) is 0 Å². The number of nitrogens with zero attached hydrogens (tertiary/aromatic N) is 1. The van der Waals surface area contributed by atoms with Gasteiger partial charge in [-0.15, -0.1) is 0 Å². The zero-order chi connectivity index (χ0) is 36.4. The molecule has 19 heteroatoms. The Balaban J connectivity index is 3.54. The number of amides is 1. The van der Waals surface area contributed by atoms with Gasteiger partial charge in [-0.1, -0.05) is 0 Å².